The van der Waals surface area contributed by atoms with E-state index < -0.39 is 11.9 Å². The number of hydrogen-bond donors (Lipinski definition) is 1. The number of halogens is 4. The molecule has 1 heterocycles. The first-order valence-electron chi connectivity index (χ1n) is 4.84. The molecule has 0 unspecified atom stereocenters. The van der Waals surface area contributed by atoms with Crippen molar-refractivity contribution in [1.29, 1.82) is 0 Å². The van der Waals surface area contributed by atoms with Crippen molar-refractivity contribution in [3.8, 4) is 11.1 Å². The molecule has 1 aromatic carbocycles. The van der Waals surface area contributed by atoms with Gasteiger partial charge in [0.25, 0.3) is 0 Å². The van der Waals surface area contributed by atoms with Gasteiger partial charge in [-0.2, -0.15) is 13.2 Å². The third-order valence-electron chi connectivity index (χ3n) is 2.29. The molecule has 0 radical (unpaired) electrons. The fourth-order valence-corrected chi connectivity index (χ4v) is 1.77. The molecule has 0 aliphatic heterocycles. The lowest BCUT2D eigenvalue weighted by molar-refractivity contribution is -0.140. The van der Waals surface area contributed by atoms with E-state index in [4.69, 9.17) is 17.3 Å². The Morgan fingerprint density at radius 1 is 1.11 bits per heavy atom. The molecule has 2 aromatic rings. The number of rotatable bonds is 1. The van der Waals surface area contributed by atoms with E-state index in [1.807, 2.05) is 0 Å². The number of aromatic nitrogens is 2. The number of nitrogen functional groups attached to an aromatic ring is 1. The van der Waals surface area contributed by atoms with Gasteiger partial charge >= 0.3 is 6.18 Å². The summed E-state index contributed by atoms with van der Waals surface area (Å²) >= 11 is 5.87. The maximum atomic E-state index is 12.9. The molecule has 7 heteroatoms. The molecule has 2 N–H and O–H groups in total. The van der Waals surface area contributed by atoms with E-state index in [1.165, 1.54) is 12.1 Å². The van der Waals surface area contributed by atoms with Gasteiger partial charge in [0.15, 0.2) is 5.69 Å². The van der Waals surface area contributed by atoms with Crippen LogP contribution in [0.1, 0.15) is 5.69 Å². The van der Waals surface area contributed by atoms with Crippen LogP contribution in [0.3, 0.4) is 0 Å². The standard InChI is InChI=1S/C11H7ClF3N3/c12-7-4-2-1-3-6(7)8-9(11(13,14)15)17-5-18-10(8)16/h1-5H,(H2,16,17,18). The van der Waals surface area contributed by atoms with E-state index in [-0.39, 0.29) is 22.0 Å². The van der Waals surface area contributed by atoms with Crippen molar-refractivity contribution >= 4 is 17.4 Å². The molecular formula is C11H7ClF3N3. The maximum absolute atomic E-state index is 12.9. The summed E-state index contributed by atoms with van der Waals surface area (Å²) in [6.45, 7) is 0. The SMILES string of the molecule is Nc1ncnc(C(F)(F)F)c1-c1ccccc1Cl. The number of nitrogens with zero attached hydrogens (tertiary/aromatic N) is 2. The Hall–Kier alpha value is -1.82. The van der Waals surface area contributed by atoms with Gasteiger partial charge in [0.05, 0.1) is 5.56 Å². The van der Waals surface area contributed by atoms with Crippen LogP contribution in [0.4, 0.5) is 19.0 Å². The van der Waals surface area contributed by atoms with E-state index in [0.717, 1.165) is 6.33 Å². The Bertz CT molecular complexity index is 584. The van der Waals surface area contributed by atoms with Crippen LogP contribution in [-0.4, -0.2) is 9.97 Å². The molecule has 0 aliphatic rings. The highest BCUT2D eigenvalue weighted by Crippen LogP contribution is 2.40. The Balaban J connectivity index is 2.75. The van der Waals surface area contributed by atoms with Gasteiger partial charge in [-0.1, -0.05) is 29.8 Å². The van der Waals surface area contributed by atoms with Crippen LogP contribution in [0.25, 0.3) is 11.1 Å². The molecule has 2 rings (SSSR count). The summed E-state index contributed by atoms with van der Waals surface area (Å²) in [6, 6.07) is 6.09. The summed E-state index contributed by atoms with van der Waals surface area (Å²) in [4.78, 5) is 6.83. The fraction of sp³-hybridized carbons (Fsp3) is 0.0909. The van der Waals surface area contributed by atoms with Crippen LogP contribution < -0.4 is 5.73 Å². The molecule has 0 saturated carbocycles. The molecule has 0 atom stereocenters. The van der Waals surface area contributed by atoms with E-state index >= 15 is 0 Å². The van der Waals surface area contributed by atoms with Crippen molar-refractivity contribution in [1.82, 2.24) is 9.97 Å². The van der Waals surface area contributed by atoms with E-state index in [0.29, 0.717) is 0 Å². The number of anilines is 1. The first-order valence-corrected chi connectivity index (χ1v) is 5.21. The number of hydrogen-bond acceptors (Lipinski definition) is 3. The monoisotopic (exact) mass is 273 g/mol. The molecule has 0 spiro atoms. The van der Waals surface area contributed by atoms with E-state index in [9.17, 15) is 13.2 Å². The molecule has 0 fully saturated rings. The van der Waals surface area contributed by atoms with Gasteiger partial charge in [0, 0.05) is 10.6 Å². The first kappa shape index (κ1) is 12.6. The van der Waals surface area contributed by atoms with Gasteiger partial charge in [-0.05, 0) is 6.07 Å². The second kappa shape index (κ2) is 4.45. The van der Waals surface area contributed by atoms with Crippen LogP contribution in [0.2, 0.25) is 5.02 Å². The molecule has 0 saturated heterocycles. The van der Waals surface area contributed by atoms with Crippen molar-refractivity contribution in [2.45, 2.75) is 6.18 Å². The molecule has 1 aromatic heterocycles. The molecular weight excluding hydrogens is 267 g/mol. The van der Waals surface area contributed by atoms with Crippen molar-refractivity contribution in [3.05, 3.63) is 41.3 Å². The predicted octanol–water partition coefficient (Wildman–Crippen LogP) is 3.40. The second-order valence-electron chi connectivity index (χ2n) is 3.46. The summed E-state index contributed by atoms with van der Waals surface area (Å²) in [5.74, 6) is -0.259. The smallest absolute Gasteiger partial charge is 0.383 e. The van der Waals surface area contributed by atoms with Gasteiger partial charge in [0.1, 0.15) is 12.1 Å². The third kappa shape index (κ3) is 2.24. The minimum Gasteiger partial charge on any atom is -0.383 e. The number of nitrogens with two attached hydrogens (primary N) is 1. The molecule has 3 nitrogen and oxygen atoms in total. The molecule has 0 aliphatic carbocycles. The van der Waals surface area contributed by atoms with E-state index in [2.05, 4.69) is 9.97 Å². The van der Waals surface area contributed by atoms with Crippen LogP contribution in [0.15, 0.2) is 30.6 Å². The largest absolute Gasteiger partial charge is 0.434 e. The van der Waals surface area contributed by atoms with Crippen LogP contribution in [0.5, 0.6) is 0 Å². The van der Waals surface area contributed by atoms with Crippen molar-refractivity contribution in [2.75, 3.05) is 5.73 Å². The zero-order valence-electron chi connectivity index (χ0n) is 8.87. The highest BCUT2D eigenvalue weighted by Gasteiger charge is 2.37. The highest BCUT2D eigenvalue weighted by molar-refractivity contribution is 6.33. The van der Waals surface area contributed by atoms with Gasteiger partial charge in [-0.15, -0.1) is 0 Å². The maximum Gasteiger partial charge on any atom is 0.434 e. The lowest BCUT2D eigenvalue weighted by Gasteiger charge is -2.13. The molecule has 94 valence electrons. The van der Waals surface area contributed by atoms with Crippen molar-refractivity contribution in [2.24, 2.45) is 0 Å². The molecule has 0 amide bonds. The minimum absolute atomic E-state index is 0.157. The van der Waals surface area contributed by atoms with E-state index in [1.54, 1.807) is 12.1 Å². The molecule has 18 heavy (non-hydrogen) atoms. The predicted molar refractivity (Wildman–Crippen MR) is 61.9 cm³/mol. The topological polar surface area (TPSA) is 51.8 Å². The Morgan fingerprint density at radius 2 is 1.78 bits per heavy atom. The summed E-state index contributed by atoms with van der Waals surface area (Å²) < 4.78 is 38.6. The second-order valence-corrected chi connectivity index (χ2v) is 3.87. The quantitative estimate of drug-likeness (QED) is 0.866. The fourth-order valence-electron chi connectivity index (χ4n) is 1.54. The lowest BCUT2D eigenvalue weighted by atomic mass is 10.0. The lowest BCUT2D eigenvalue weighted by Crippen LogP contribution is -2.12. The minimum atomic E-state index is -4.62. The van der Waals surface area contributed by atoms with Crippen molar-refractivity contribution < 1.29 is 13.2 Å². The van der Waals surface area contributed by atoms with Gasteiger partial charge in [-0.25, -0.2) is 9.97 Å². The zero-order valence-corrected chi connectivity index (χ0v) is 9.63. The highest BCUT2D eigenvalue weighted by atomic mass is 35.5. The van der Waals surface area contributed by atoms with Gasteiger partial charge < -0.3 is 5.73 Å². The summed E-state index contributed by atoms with van der Waals surface area (Å²) in [5.41, 5.74) is 4.28. The van der Waals surface area contributed by atoms with Gasteiger partial charge in [-0.3, -0.25) is 0 Å². The van der Waals surface area contributed by atoms with Gasteiger partial charge in [0.2, 0.25) is 0 Å². The van der Waals surface area contributed by atoms with Crippen LogP contribution in [-0.2, 0) is 6.18 Å². The summed E-state index contributed by atoms with van der Waals surface area (Å²) in [6.07, 6.45) is -3.84. The summed E-state index contributed by atoms with van der Waals surface area (Å²) in [7, 11) is 0. The van der Waals surface area contributed by atoms with Crippen molar-refractivity contribution in [3.63, 3.8) is 0 Å². The number of alkyl halides is 3. The normalized spacial score (nSPS) is 11.6. The summed E-state index contributed by atoms with van der Waals surface area (Å²) in [5, 5.41) is 0.157. The number of benzene rings is 1. The van der Waals surface area contributed by atoms with Crippen LogP contribution >= 0.6 is 11.6 Å². The van der Waals surface area contributed by atoms with Crippen LogP contribution in [0, 0.1) is 0 Å². The first-order chi connectivity index (χ1) is 8.41. The average molecular weight is 274 g/mol. The Morgan fingerprint density at radius 3 is 2.39 bits per heavy atom. The third-order valence-corrected chi connectivity index (χ3v) is 2.62. The zero-order chi connectivity index (χ0) is 13.3. The Labute approximate surface area is 105 Å². The average Bonchev–Trinajstić information content (AvgIpc) is 2.29. The Kier molecular flexibility index (Phi) is 3.13. The molecule has 0 bridgehead atoms.